The van der Waals surface area contributed by atoms with Crippen molar-refractivity contribution in [3.63, 3.8) is 0 Å². The zero-order valence-corrected chi connectivity index (χ0v) is 17.7. The lowest BCUT2D eigenvalue weighted by molar-refractivity contribution is 0.315. The molecule has 0 aliphatic carbocycles. The number of hydrogen-bond acceptors (Lipinski definition) is 5. The number of para-hydroxylation sites is 1. The van der Waals surface area contributed by atoms with Crippen LogP contribution in [0.1, 0.15) is 71.0 Å². The maximum Gasteiger partial charge on any atom is 0.152 e. The average molecular weight is 396 g/mol. The molecule has 0 aliphatic rings. The molecule has 3 rings (SSSR count). The second kappa shape index (κ2) is 10.2. The van der Waals surface area contributed by atoms with Gasteiger partial charge in [-0.1, -0.05) is 56.5 Å². The molecule has 0 amide bonds. The Hall–Kier alpha value is -2.63. The van der Waals surface area contributed by atoms with E-state index in [2.05, 4.69) is 34.6 Å². The highest BCUT2D eigenvalue weighted by atomic mass is 16.4. The van der Waals surface area contributed by atoms with Crippen LogP contribution in [0, 0.1) is 0 Å². The summed E-state index contributed by atoms with van der Waals surface area (Å²) in [4.78, 5) is 9.37. The van der Waals surface area contributed by atoms with E-state index in [1.807, 2.05) is 18.2 Å². The second-order valence-corrected chi connectivity index (χ2v) is 7.72. The van der Waals surface area contributed by atoms with Crippen LogP contribution in [-0.2, 0) is 13.0 Å². The molecule has 0 atom stereocenters. The largest absolute Gasteiger partial charge is 0.411 e. The third-order valence-corrected chi connectivity index (χ3v) is 5.47. The standard InChI is InChI=1S/C23H33N5O/c1-3-5-6-7-12-17(27-29)13-10-16-28-20(11-4-2)26-21-22(28)18-14-8-9-15-19(18)25-23(21)24/h8-9,14-15,29H,3-7,10-13,16H2,1-2H3,(H2,24,25)/b27-17+. The fraction of sp³-hybridized carbons (Fsp3) is 0.522. The van der Waals surface area contributed by atoms with Crippen LogP contribution < -0.4 is 5.73 Å². The van der Waals surface area contributed by atoms with Crippen LogP contribution in [0.2, 0.25) is 0 Å². The van der Waals surface area contributed by atoms with Gasteiger partial charge in [-0.15, -0.1) is 0 Å². The van der Waals surface area contributed by atoms with Crippen molar-refractivity contribution in [2.45, 2.75) is 78.2 Å². The summed E-state index contributed by atoms with van der Waals surface area (Å²) in [5.74, 6) is 1.54. The second-order valence-electron chi connectivity index (χ2n) is 7.72. The molecule has 0 bridgehead atoms. The minimum atomic E-state index is 0.489. The lowest BCUT2D eigenvalue weighted by atomic mass is 10.1. The van der Waals surface area contributed by atoms with Gasteiger partial charge in [0.25, 0.3) is 0 Å². The molecule has 1 aromatic carbocycles. The van der Waals surface area contributed by atoms with Crippen LogP contribution in [0.15, 0.2) is 29.4 Å². The number of aromatic nitrogens is 3. The zero-order valence-electron chi connectivity index (χ0n) is 17.7. The van der Waals surface area contributed by atoms with Gasteiger partial charge in [0.05, 0.1) is 16.7 Å². The number of fused-ring (bicyclic) bond motifs is 3. The van der Waals surface area contributed by atoms with E-state index in [0.717, 1.165) is 78.5 Å². The van der Waals surface area contributed by atoms with E-state index < -0.39 is 0 Å². The third-order valence-electron chi connectivity index (χ3n) is 5.47. The fourth-order valence-electron chi connectivity index (χ4n) is 3.98. The number of oxime groups is 1. The minimum absolute atomic E-state index is 0.489. The van der Waals surface area contributed by atoms with Gasteiger partial charge in [-0.2, -0.15) is 0 Å². The molecule has 29 heavy (non-hydrogen) atoms. The van der Waals surface area contributed by atoms with E-state index in [1.165, 1.54) is 19.3 Å². The number of hydrogen-bond donors (Lipinski definition) is 2. The molecule has 2 heterocycles. The highest BCUT2D eigenvalue weighted by Gasteiger charge is 2.16. The summed E-state index contributed by atoms with van der Waals surface area (Å²) in [5.41, 5.74) is 9.90. The monoisotopic (exact) mass is 395 g/mol. The van der Waals surface area contributed by atoms with E-state index in [0.29, 0.717) is 5.82 Å². The molecule has 0 saturated carbocycles. The predicted molar refractivity (Wildman–Crippen MR) is 121 cm³/mol. The Morgan fingerprint density at radius 3 is 2.59 bits per heavy atom. The maximum absolute atomic E-state index is 9.37. The summed E-state index contributed by atoms with van der Waals surface area (Å²) < 4.78 is 2.30. The number of pyridine rings is 1. The Morgan fingerprint density at radius 1 is 1.03 bits per heavy atom. The summed E-state index contributed by atoms with van der Waals surface area (Å²) in [6, 6.07) is 8.10. The average Bonchev–Trinajstić information content (AvgIpc) is 3.09. The number of nitrogen functional groups attached to an aromatic ring is 1. The Balaban J connectivity index is 1.83. The fourth-order valence-corrected chi connectivity index (χ4v) is 3.98. The molecule has 3 N–H and O–H groups in total. The number of unbranched alkanes of at least 4 members (excludes halogenated alkanes) is 3. The highest BCUT2D eigenvalue weighted by Crippen LogP contribution is 2.29. The molecule has 0 spiro atoms. The first kappa shape index (κ1) is 21.1. The van der Waals surface area contributed by atoms with Crippen LogP contribution >= 0.6 is 0 Å². The van der Waals surface area contributed by atoms with Crippen molar-refractivity contribution in [1.82, 2.24) is 14.5 Å². The van der Waals surface area contributed by atoms with Crippen molar-refractivity contribution in [3.8, 4) is 0 Å². The molecular formula is C23H33N5O. The Bertz CT molecular complexity index is 976. The molecule has 0 fully saturated rings. The molecule has 6 nitrogen and oxygen atoms in total. The normalized spacial score (nSPS) is 12.3. The number of aryl methyl sites for hydroxylation is 2. The van der Waals surface area contributed by atoms with Gasteiger partial charge in [-0.05, 0) is 38.2 Å². The van der Waals surface area contributed by atoms with Gasteiger partial charge < -0.3 is 15.5 Å². The van der Waals surface area contributed by atoms with Crippen LogP contribution in [0.25, 0.3) is 21.9 Å². The maximum atomic E-state index is 9.37. The summed E-state index contributed by atoms with van der Waals surface area (Å²) in [7, 11) is 0. The SMILES string of the molecule is CCCCCC/C(CCCn1c(CCC)nc2c(N)nc3ccccc3c21)=N\O. The summed E-state index contributed by atoms with van der Waals surface area (Å²) in [6.45, 7) is 5.19. The van der Waals surface area contributed by atoms with Gasteiger partial charge in [0, 0.05) is 18.4 Å². The third kappa shape index (κ3) is 4.86. The number of nitrogens with two attached hydrogens (primary N) is 1. The lowest BCUT2D eigenvalue weighted by Crippen LogP contribution is -2.07. The van der Waals surface area contributed by atoms with Gasteiger partial charge in [-0.3, -0.25) is 0 Å². The molecule has 6 heteroatoms. The molecule has 3 aromatic rings. The quantitative estimate of drug-likeness (QED) is 0.189. The topological polar surface area (TPSA) is 89.3 Å². The van der Waals surface area contributed by atoms with Crippen molar-refractivity contribution in [2.75, 3.05) is 5.73 Å². The number of nitrogens with zero attached hydrogens (tertiary/aromatic N) is 4. The smallest absolute Gasteiger partial charge is 0.152 e. The van der Waals surface area contributed by atoms with Crippen molar-refractivity contribution in [1.29, 1.82) is 0 Å². The van der Waals surface area contributed by atoms with Gasteiger partial charge in [0.15, 0.2) is 5.82 Å². The first-order valence-electron chi connectivity index (χ1n) is 10.9. The first-order valence-corrected chi connectivity index (χ1v) is 10.9. The molecule has 2 aromatic heterocycles. The summed E-state index contributed by atoms with van der Waals surface area (Å²) >= 11 is 0. The van der Waals surface area contributed by atoms with Crippen LogP contribution in [0.5, 0.6) is 0 Å². The molecule has 0 saturated heterocycles. The molecule has 0 radical (unpaired) electrons. The first-order chi connectivity index (χ1) is 14.2. The van der Waals surface area contributed by atoms with Gasteiger partial charge in [0.1, 0.15) is 11.3 Å². The molecule has 0 aliphatic heterocycles. The Labute approximate surface area is 172 Å². The Kier molecular flexibility index (Phi) is 7.44. The van der Waals surface area contributed by atoms with E-state index in [-0.39, 0.29) is 0 Å². The number of imidazole rings is 1. The van der Waals surface area contributed by atoms with E-state index >= 15 is 0 Å². The van der Waals surface area contributed by atoms with Crippen molar-refractivity contribution >= 4 is 33.5 Å². The van der Waals surface area contributed by atoms with E-state index in [9.17, 15) is 5.21 Å². The van der Waals surface area contributed by atoms with Crippen LogP contribution in [0.4, 0.5) is 5.82 Å². The number of rotatable bonds is 11. The summed E-state index contributed by atoms with van der Waals surface area (Å²) in [6.07, 6.45) is 9.25. The Morgan fingerprint density at radius 2 is 1.83 bits per heavy atom. The van der Waals surface area contributed by atoms with Gasteiger partial charge in [0.2, 0.25) is 0 Å². The minimum Gasteiger partial charge on any atom is -0.411 e. The molecule has 156 valence electrons. The van der Waals surface area contributed by atoms with Crippen LogP contribution in [-0.4, -0.2) is 25.5 Å². The summed E-state index contributed by atoms with van der Waals surface area (Å²) in [5, 5.41) is 14.0. The van der Waals surface area contributed by atoms with Crippen molar-refractivity contribution in [2.24, 2.45) is 5.16 Å². The van der Waals surface area contributed by atoms with Crippen molar-refractivity contribution in [3.05, 3.63) is 30.1 Å². The van der Waals surface area contributed by atoms with Gasteiger partial charge in [-0.25, -0.2) is 9.97 Å². The molecular weight excluding hydrogens is 362 g/mol. The lowest BCUT2D eigenvalue weighted by Gasteiger charge is -2.11. The predicted octanol–water partition coefficient (Wildman–Crippen LogP) is 5.70. The van der Waals surface area contributed by atoms with E-state index in [1.54, 1.807) is 0 Å². The van der Waals surface area contributed by atoms with Crippen molar-refractivity contribution < 1.29 is 5.21 Å². The zero-order chi connectivity index (χ0) is 20.6. The van der Waals surface area contributed by atoms with Crippen LogP contribution in [0.3, 0.4) is 0 Å². The van der Waals surface area contributed by atoms with Gasteiger partial charge >= 0.3 is 0 Å². The molecule has 0 unspecified atom stereocenters. The van der Waals surface area contributed by atoms with E-state index in [4.69, 9.17) is 10.7 Å². The number of anilines is 1. The highest BCUT2D eigenvalue weighted by molar-refractivity contribution is 6.06. The number of benzene rings is 1.